The van der Waals surface area contributed by atoms with Crippen LogP contribution in [0.2, 0.25) is 5.02 Å². The molecule has 4 heteroatoms. The first-order valence-corrected chi connectivity index (χ1v) is 5.47. The first kappa shape index (κ1) is 11.1. The molecule has 1 aromatic carbocycles. The predicted octanol–water partition coefficient (Wildman–Crippen LogP) is 2.03. The summed E-state index contributed by atoms with van der Waals surface area (Å²) in [6.07, 6.45) is 0.588. The highest BCUT2D eigenvalue weighted by molar-refractivity contribution is 6.31. The highest BCUT2D eigenvalue weighted by Gasteiger charge is 2.38. The van der Waals surface area contributed by atoms with Crippen molar-refractivity contribution in [3.8, 4) is 0 Å². The van der Waals surface area contributed by atoms with Crippen molar-refractivity contribution in [2.45, 2.75) is 25.2 Å². The van der Waals surface area contributed by atoms with Crippen LogP contribution in [-0.4, -0.2) is 11.8 Å². The minimum atomic E-state index is -0.488. The minimum Gasteiger partial charge on any atom is -0.296 e. The third kappa shape index (κ3) is 1.95. The molecule has 1 fully saturated rings. The van der Waals surface area contributed by atoms with Crippen molar-refractivity contribution in [2.75, 3.05) is 0 Å². The summed E-state index contributed by atoms with van der Waals surface area (Å²) in [4.78, 5) is 22.8. The molecule has 1 aromatic rings. The Morgan fingerprint density at radius 3 is 2.31 bits per heavy atom. The molecule has 1 heterocycles. The molecule has 0 spiro atoms. The van der Waals surface area contributed by atoms with Crippen LogP contribution in [0, 0.1) is 0 Å². The number of carbonyl (C=O) groups excluding carboxylic acids is 2. The molecule has 0 atom stereocenters. The highest BCUT2D eigenvalue weighted by atomic mass is 35.5. The van der Waals surface area contributed by atoms with Crippen molar-refractivity contribution in [2.24, 2.45) is 0 Å². The van der Waals surface area contributed by atoms with Gasteiger partial charge < -0.3 is 0 Å². The summed E-state index contributed by atoms with van der Waals surface area (Å²) >= 11 is 6.10. The molecule has 2 amide bonds. The minimum absolute atomic E-state index is 0.237. The molecule has 2 rings (SSSR count). The molecule has 1 saturated heterocycles. The topological polar surface area (TPSA) is 46.2 Å². The van der Waals surface area contributed by atoms with Crippen molar-refractivity contribution in [3.05, 3.63) is 34.9 Å². The van der Waals surface area contributed by atoms with E-state index >= 15 is 0 Å². The van der Waals surface area contributed by atoms with E-state index in [1.54, 1.807) is 6.07 Å². The number of hydrogen-bond donors (Lipinski definition) is 1. The van der Waals surface area contributed by atoms with E-state index < -0.39 is 5.41 Å². The average molecular weight is 238 g/mol. The van der Waals surface area contributed by atoms with Crippen LogP contribution in [0.1, 0.15) is 25.3 Å². The van der Waals surface area contributed by atoms with Gasteiger partial charge in [-0.1, -0.05) is 36.7 Å². The lowest BCUT2D eigenvalue weighted by Gasteiger charge is -2.33. The number of benzene rings is 1. The van der Waals surface area contributed by atoms with Crippen molar-refractivity contribution >= 4 is 23.4 Å². The predicted molar refractivity (Wildman–Crippen MR) is 61.2 cm³/mol. The van der Waals surface area contributed by atoms with Crippen LogP contribution in [0.3, 0.4) is 0 Å². The van der Waals surface area contributed by atoms with Crippen molar-refractivity contribution < 1.29 is 9.59 Å². The number of imide groups is 1. The van der Waals surface area contributed by atoms with Crippen LogP contribution in [-0.2, 0) is 15.0 Å². The van der Waals surface area contributed by atoms with Crippen LogP contribution in [0.25, 0.3) is 0 Å². The van der Waals surface area contributed by atoms with Gasteiger partial charge in [0.25, 0.3) is 0 Å². The SMILES string of the molecule is CC1(c2ccccc2Cl)CC(=O)NC(=O)C1. The third-order valence-corrected chi connectivity index (χ3v) is 3.23. The van der Waals surface area contributed by atoms with E-state index in [4.69, 9.17) is 11.6 Å². The lowest BCUT2D eigenvalue weighted by atomic mass is 9.74. The first-order valence-electron chi connectivity index (χ1n) is 5.09. The zero-order chi connectivity index (χ0) is 11.8. The maximum Gasteiger partial charge on any atom is 0.227 e. The molecule has 1 aliphatic rings. The molecule has 84 valence electrons. The quantitative estimate of drug-likeness (QED) is 0.760. The summed E-state index contributed by atoms with van der Waals surface area (Å²) in [6, 6.07) is 7.34. The monoisotopic (exact) mass is 237 g/mol. The highest BCUT2D eigenvalue weighted by Crippen LogP contribution is 2.37. The molecule has 1 N–H and O–H groups in total. The maximum atomic E-state index is 11.4. The zero-order valence-electron chi connectivity index (χ0n) is 8.92. The second-order valence-corrected chi connectivity index (χ2v) is 4.77. The molecule has 0 bridgehead atoms. The fourth-order valence-electron chi connectivity index (χ4n) is 2.16. The molecular formula is C12H12ClNO2. The van der Waals surface area contributed by atoms with Gasteiger partial charge in [-0.3, -0.25) is 14.9 Å². The normalized spacial score (nSPS) is 19.4. The van der Waals surface area contributed by atoms with Crippen LogP contribution in [0.5, 0.6) is 0 Å². The standard InChI is InChI=1S/C12H12ClNO2/c1-12(6-10(15)14-11(16)7-12)8-4-2-3-5-9(8)13/h2-5H,6-7H2,1H3,(H,14,15,16). The Bertz CT molecular complexity index is 440. The van der Waals surface area contributed by atoms with Crippen molar-refractivity contribution in [3.63, 3.8) is 0 Å². The summed E-state index contributed by atoms with van der Waals surface area (Å²) in [7, 11) is 0. The largest absolute Gasteiger partial charge is 0.296 e. The molecule has 0 aromatic heterocycles. The molecule has 0 radical (unpaired) electrons. The Labute approximate surface area is 98.8 Å². The first-order chi connectivity index (χ1) is 7.51. The van der Waals surface area contributed by atoms with Gasteiger partial charge in [-0.2, -0.15) is 0 Å². The molecule has 0 saturated carbocycles. The van der Waals surface area contributed by atoms with Crippen molar-refractivity contribution in [1.29, 1.82) is 0 Å². The lowest BCUT2D eigenvalue weighted by molar-refractivity contribution is -0.135. The second-order valence-electron chi connectivity index (χ2n) is 4.37. The van der Waals surface area contributed by atoms with Gasteiger partial charge in [0, 0.05) is 23.3 Å². The van der Waals surface area contributed by atoms with Crippen molar-refractivity contribution in [1.82, 2.24) is 5.32 Å². The Morgan fingerprint density at radius 1 is 1.19 bits per heavy atom. The zero-order valence-corrected chi connectivity index (χ0v) is 9.67. The molecule has 1 aliphatic heterocycles. The number of amides is 2. The second kappa shape index (κ2) is 3.91. The number of nitrogens with one attached hydrogen (secondary N) is 1. The van der Waals surface area contributed by atoms with Crippen LogP contribution < -0.4 is 5.32 Å². The number of carbonyl (C=O) groups is 2. The maximum absolute atomic E-state index is 11.4. The van der Waals surface area contributed by atoms with Gasteiger partial charge in [0.15, 0.2) is 0 Å². The van der Waals surface area contributed by atoms with Gasteiger partial charge in [0.1, 0.15) is 0 Å². The molecule has 0 aliphatic carbocycles. The van der Waals surface area contributed by atoms with E-state index in [9.17, 15) is 9.59 Å². The Morgan fingerprint density at radius 2 is 1.75 bits per heavy atom. The smallest absolute Gasteiger partial charge is 0.227 e. The van der Waals surface area contributed by atoms with Gasteiger partial charge in [-0.05, 0) is 11.6 Å². The van der Waals surface area contributed by atoms with Crippen LogP contribution in [0.4, 0.5) is 0 Å². The van der Waals surface area contributed by atoms with E-state index in [1.165, 1.54) is 0 Å². The molecule has 16 heavy (non-hydrogen) atoms. The third-order valence-electron chi connectivity index (χ3n) is 2.90. The number of hydrogen-bond acceptors (Lipinski definition) is 2. The number of piperidine rings is 1. The van der Waals surface area contributed by atoms with Gasteiger partial charge >= 0.3 is 0 Å². The van der Waals surface area contributed by atoms with E-state index in [0.29, 0.717) is 17.9 Å². The van der Waals surface area contributed by atoms with Gasteiger partial charge in [-0.15, -0.1) is 0 Å². The summed E-state index contributed by atoms with van der Waals surface area (Å²) < 4.78 is 0. The van der Waals surface area contributed by atoms with Crippen LogP contribution >= 0.6 is 11.6 Å². The summed E-state index contributed by atoms with van der Waals surface area (Å²) in [5.41, 5.74) is 0.373. The molecular weight excluding hydrogens is 226 g/mol. The summed E-state index contributed by atoms with van der Waals surface area (Å²) in [6.45, 7) is 1.89. The number of rotatable bonds is 1. The van der Waals surface area contributed by atoms with E-state index in [0.717, 1.165) is 5.56 Å². The Hall–Kier alpha value is -1.35. The Kier molecular flexibility index (Phi) is 2.72. The Balaban J connectivity index is 2.42. The van der Waals surface area contributed by atoms with Crippen LogP contribution in [0.15, 0.2) is 24.3 Å². The molecule has 0 unspecified atom stereocenters. The fraction of sp³-hybridized carbons (Fsp3) is 0.333. The molecule has 3 nitrogen and oxygen atoms in total. The number of halogens is 1. The van der Waals surface area contributed by atoms with E-state index in [2.05, 4.69) is 5.32 Å². The fourth-order valence-corrected chi connectivity index (χ4v) is 2.52. The average Bonchev–Trinajstić information content (AvgIpc) is 2.15. The van der Waals surface area contributed by atoms with Gasteiger partial charge in [0.05, 0.1) is 0 Å². The van der Waals surface area contributed by atoms with E-state index in [-0.39, 0.29) is 11.8 Å². The van der Waals surface area contributed by atoms with Gasteiger partial charge in [0.2, 0.25) is 11.8 Å². The summed E-state index contributed by atoms with van der Waals surface area (Å²) in [5, 5.41) is 2.91. The van der Waals surface area contributed by atoms with E-state index in [1.807, 2.05) is 25.1 Å². The van der Waals surface area contributed by atoms with Gasteiger partial charge in [-0.25, -0.2) is 0 Å². The summed E-state index contributed by atoms with van der Waals surface area (Å²) in [5.74, 6) is -0.475. The lowest BCUT2D eigenvalue weighted by Crippen LogP contribution is -2.45.